The first-order valence-electron chi connectivity index (χ1n) is 8.86. The molecule has 0 atom stereocenters. The summed E-state index contributed by atoms with van der Waals surface area (Å²) < 4.78 is 0. The number of aromatic nitrogens is 2. The first kappa shape index (κ1) is 18.2. The summed E-state index contributed by atoms with van der Waals surface area (Å²) in [7, 11) is 0. The SMILES string of the molecule is N=C(NO)c1cccc(C#Cc2cc(N)nc3ccc(-c4ccncc4)cc23)c1. The molecule has 4 rings (SSSR count). The van der Waals surface area contributed by atoms with Crippen molar-refractivity contribution in [1.82, 2.24) is 15.4 Å². The Labute approximate surface area is 167 Å². The third-order valence-corrected chi connectivity index (χ3v) is 4.45. The maximum atomic E-state index is 8.92. The normalized spacial score (nSPS) is 10.2. The van der Waals surface area contributed by atoms with Crippen molar-refractivity contribution in [3.05, 3.63) is 89.7 Å². The van der Waals surface area contributed by atoms with Crippen LogP contribution in [-0.4, -0.2) is 21.0 Å². The second kappa shape index (κ2) is 7.80. The largest absolute Gasteiger partial charge is 0.384 e. The smallest absolute Gasteiger partial charge is 0.149 e. The van der Waals surface area contributed by atoms with Crippen molar-refractivity contribution >= 4 is 22.6 Å². The Balaban J connectivity index is 1.80. The number of nitrogen functional groups attached to an aromatic ring is 1. The lowest BCUT2D eigenvalue weighted by Gasteiger charge is -2.06. The van der Waals surface area contributed by atoms with Crippen LogP contribution in [-0.2, 0) is 0 Å². The Hall–Kier alpha value is -4.21. The van der Waals surface area contributed by atoms with E-state index in [2.05, 4.69) is 21.8 Å². The number of nitrogens with one attached hydrogen (secondary N) is 2. The average Bonchev–Trinajstić information content (AvgIpc) is 2.77. The molecule has 2 heterocycles. The molecule has 0 saturated carbocycles. The van der Waals surface area contributed by atoms with Crippen molar-refractivity contribution in [3.63, 3.8) is 0 Å². The van der Waals surface area contributed by atoms with Crippen LogP contribution in [0.4, 0.5) is 5.82 Å². The van der Waals surface area contributed by atoms with Gasteiger partial charge < -0.3 is 5.73 Å². The maximum Gasteiger partial charge on any atom is 0.149 e. The predicted molar refractivity (Wildman–Crippen MR) is 114 cm³/mol. The molecule has 2 aromatic carbocycles. The van der Waals surface area contributed by atoms with Gasteiger partial charge in [-0.15, -0.1) is 0 Å². The number of benzene rings is 2. The van der Waals surface area contributed by atoms with Crippen LogP contribution in [0.2, 0.25) is 0 Å². The zero-order valence-electron chi connectivity index (χ0n) is 15.3. The molecule has 0 aliphatic heterocycles. The van der Waals surface area contributed by atoms with Crippen LogP contribution in [0.15, 0.2) is 73.1 Å². The van der Waals surface area contributed by atoms with E-state index < -0.39 is 0 Å². The van der Waals surface area contributed by atoms with E-state index in [1.807, 2.05) is 41.9 Å². The molecule has 0 aliphatic carbocycles. The van der Waals surface area contributed by atoms with Gasteiger partial charge >= 0.3 is 0 Å². The summed E-state index contributed by atoms with van der Waals surface area (Å²) in [5.74, 6) is 6.59. The Morgan fingerprint density at radius 3 is 2.59 bits per heavy atom. The molecule has 0 unspecified atom stereocenters. The van der Waals surface area contributed by atoms with Gasteiger partial charge in [-0.3, -0.25) is 21.1 Å². The fraction of sp³-hybridized carbons (Fsp3) is 0. The van der Waals surface area contributed by atoms with Crippen LogP contribution in [0, 0.1) is 17.3 Å². The highest BCUT2D eigenvalue weighted by Crippen LogP contribution is 2.26. The number of hydrogen-bond acceptors (Lipinski definition) is 5. The molecule has 0 amide bonds. The number of pyridine rings is 2. The molecule has 0 aliphatic rings. The topological polar surface area (TPSA) is 108 Å². The third-order valence-electron chi connectivity index (χ3n) is 4.45. The molecule has 6 heteroatoms. The standard InChI is InChI=1S/C23H17N5O/c24-22-14-18(5-4-15-2-1-3-19(12-15)23(25)28-29)20-13-17(6-7-21(20)27-22)16-8-10-26-11-9-16/h1-3,6-14,29H,(H2,24,27)(H2,25,28). The molecule has 140 valence electrons. The number of hydroxylamine groups is 1. The highest BCUT2D eigenvalue weighted by atomic mass is 16.5. The molecule has 4 aromatic rings. The average molecular weight is 379 g/mol. The Kier molecular flexibility index (Phi) is 4.89. The van der Waals surface area contributed by atoms with Crippen molar-refractivity contribution in [3.8, 4) is 23.0 Å². The van der Waals surface area contributed by atoms with E-state index in [0.717, 1.165) is 33.2 Å². The lowest BCUT2D eigenvalue weighted by molar-refractivity contribution is 0.234. The minimum atomic E-state index is -0.0887. The van der Waals surface area contributed by atoms with Crippen LogP contribution in [0.1, 0.15) is 16.7 Å². The summed E-state index contributed by atoms with van der Waals surface area (Å²) in [5.41, 5.74) is 12.7. The number of nitrogens with two attached hydrogens (primary N) is 1. The van der Waals surface area contributed by atoms with Crippen molar-refractivity contribution in [2.45, 2.75) is 0 Å². The molecular formula is C23H17N5O. The summed E-state index contributed by atoms with van der Waals surface area (Å²) in [6, 6.07) is 18.7. The van der Waals surface area contributed by atoms with Crippen molar-refractivity contribution in [1.29, 1.82) is 5.41 Å². The van der Waals surface area contributed by atoms with E-state index in [1.165, 1.54) is 0 Å². The molecular weight excluding hydrogens is 362 g/mol. The molecule has 0 fully saturated rings. The molecule has 0 saturated heterocycles. The number of fused-ring (bicyclic) bond motifs is 1. The fourth-order valence-corrected chi connectivity index (χ4v) is 3.03. The van der Waals surface area contributed by atoms with Gasteiger partial charge in [-0.25, -0.2) is 4.98 Å². The highest BCUT2D eigenvalue weighted by Gasteiger charge is 2.06. The van der Waals surface area contributed by atoms with Crippen LogP contribution < -0.4 is 11.2 Å². The van der Waals surface area contributed by atoms with Gasteiger partial charge in [-0.1, -0.05) is 30.0 Å². The second-order valence-corrected chi connectivity index (χ2v) is 6.38. The maximum absolute atomic E-state index is 8.92. The van der Waals surface area contributed by atoms with E-state index in [0.29, 0.717) is 11.4 Å². The molecule has 2 aromatic heterocycles. The lowest BCUT2D eigenvalue weighted by atomic mass is 10.0. The molecule has 5 N–H and O–H groups in total. The van der Waals surface area contributed by atoms with Gasteiger partial charge in [0.1, 0.15) is 11.7 Å². The summed E-state index contributed by atoms with van der Waals surface area (Å²) in [5, 5.41) is 17.5. The Morgan fingerprint density at radius 2 is 1.79 bits per heavy atom. The van der Waals surface area contributed by atoms with Crippen molar-refractivity contribution in [2.75, 3.05) is 5.73 Å². The quantitative estimate of drug-likeness (QED) is 0.184. The first-order valence-corrected chi connectivity index (χ1v) is 8.86. The molecule has 6 nitrogen and oxygen atoms in total. The van der Waals surface area contributed by atoms with E-state index in [9.17, 15) is 0 Å². The Morgan fingerprint density at radius 1 is 0.966 bits per heavy atom. The van der Waals surface area contributed by atoms with E-state index in [1.54, 1.807) is 36.7 Å². The summed E-state index contributed by atoms with van der Waals surface area (Å²) in [6.45, 7) is 0. The molecule has 0 bridgehead atoms. The number of hydrogen-bond donors (Lipinski definition) is 4. The van der Waals surface area contributed by atoms with Crippen molar-refractivity contribution < 1.29 is 5.21 Å². The number of anilines is 1. The van der Waals surface area contributed by atoms with Gasteiger partial charge in [0.25, 0.3) is 0 Å². The van der Waals surface area contributed by atoms with Gasteiger partial charge in [0.15, 0.2) is 0 Å². The van der Waals surface area contributed by atoms with Crippen molar-refractivity contribution in [2.24, 2.45) is 0 Å². The highest BCUT2D eigenvalue weighted by molar-refractivity contribution is 5.96. The van der Waals surface area contributed by atoms with Gasteiger partial charge in [-0.2, -0.15) is 0 Å². The zero-order chi connectivity index (χ0) is 20.2. The number of rotatable bonds is 2. The summed E-state index contributed by atoms with van der Waals surface area (Å²) in [6.07, 6.45) is 3.51. The van der Waals surface area contributed by atoms with Gasteiger partial charge in [0.2, 0.25) is 0 Å². The van der Waals surface area contributed by atoms with Crippen LogP contribution in [0.25, 0.3) is 22.0 Å². The summed E-state index contributed by atoms with van der Waals surface area (Å²) in [4.78, 5) is 8.47. The minimum Gasteiger partial charge on any atom is -0.384 e. The lowest BCUT2D eigenvalue weighted by Crippen LogP contribution is -2.18. The second-order valence-electron chi connectivity index (χ2n) is 6.38. The van der Waals surface area contributed by atoms with Gasteiger partial charge in [0, 0.05) is 34.5 Å². The number of nitrogens with zero attached hydrogens (tertiary/aromatic N) is 2. The van der Waals surface area contributed by atoms with Crippen LogP contribution in [0.5, 0.6) is 0 Å². The summed E-state index contributed by atoms with van der Waals surface area (Å²) >= 11 is 0. The molecule has 29 heavy (non-hydrogen) atoms. The minimum absolute atomic E-state index is 0.0887. The first-order chi connectivity index (χ1) is 14.1. The number of amidine groups is 1. The van der Waals surface area contributed by atoms with Gasteiger partial charge in [0.05, 0.1) is 5.52 Å². The third kappa shape index (κ3) is 3.90. The fourth-order valence-electron chi connectivity index (χ4n) is 3.03. The van der Waals surface area contributed by atoms with Crippen LogP contribution in [0.3, 0.4) is 0 Å². The van der Waals surface area contributed by atoms with Crippen LogP contribution >= 0.6 is 0 Å². The van der Waals surface area contributed by atoms with E-state index >= 15 is 0 Å². The zero-order valence-corrected chi connectivity index (χ0v) is 15.3. The predicted octanol–water partition coefficient (Wildman–Crippen LogP) is 3.58. The molecule has 0 radical (unpaired) electrons. The Bertz CT molecular complexity index is 1270. The van der Waals surface area contributed by atoms with E-state index in [-0.39, 0.29) is 5.84 Å². The monoisotopic (exact) mass is 379 g/mol. The van der Waals surface area contributed by atoms with E-state index in [4.69, 9.17) is 16.4 Å². The molecule has 0 spiro atoms. The van der Waals surface area contributed by atoms with Gasteiger partial charge in [-0.05, 0) is 53.6 Å².